The molecule has 38 heavy (non-hydrogen) atoms. The summed E-state index contributed by atoms with van der Waals surface area (Å²) < 4.78 is 5.51. The summed E-state index contributed by atoms with van der Waals surface area (Å²) in [6, 6.07) is 28.5. The van der Waals surface area contributed by atoms with Crippen molar-refractivity contribution in [2.24, 2.45) is 17.8 Å². The maximum atomic E-state index is 13.6. The second kappa shape index (κ2) is 13.6. The molecule has 0 aromatic heterocycles. The van der Waals surface area contributed by atoms with E-state index in [1.54, 1.807) is 0 Å². The highest BCUT2D eigenvalue weighted by Gasteiger charge is 2.36. The van der Waals surface area contributed by atoms with E-state index in [0.717, 1.165) is 16.7 Å². The van der Waals surface area contributed by atoms with Gasteiger partial charge in [-0.15, -0.1) is 0 Å². The van der Waals surface area contributed by atoms with E-state index in [4.69, 9.17) is 4.74 Å². The lowest BCUT2D eigenvalue weighted by molar-refractivity contribution is -0.151. The largest absolute Gasteiger partial charge is 0.481 e. The molecule has 6 heteroatoms. The summed E-state index contributed by atoms with van der Waals surface area (Å²) in [5.74, 6) is -3.18. The summed E-state index contributed by atoms with van der Waals surface area (Å²) in [5, 5.41) is 13.3. The molecule has 1 saturated carbocycles. The molecule has 0 spiro atoms. The molecule has 1 aliphatic rings. The first-order chi connectivity index (χ1) is 18.5. The molecule has 2 atom stereocenters. The Morgan fingerprint density at radius 2 is 1.18 bits per heavy atom. The number of carbonyl (C=O) groups is 3. The Morgan fingerprint density at radius 3 is 1.68 bits per heavy atom. The van der Waals surface area contributed by atoms with E-state index in [0.29, 0.717) is 32.1 Å². The molecule has 0 saturated heterocycles. The van der Waals surface area contributed by atoms with Crippen LogP contribution in [0, 0.1) is 17.8 Å². The van der Waals surface area contributed by atoms with Crippen LogP contribution < -0.4 is 5.32 Å². The highest BCUT2D eigenvalue weighted by molar-refractivity contribution is 5.85. The number of benzene rings is 3. The molecule has 0 bridgehead atoms. The van der Waals surface area contributed by atoms with E-state index in [1.807, 2.05) is 91.0 Å². The van der Waals surface area contributed by atoms with Crippen LogP contribution >= 0.6 is 0 Å². The Balaban J connectivity index is 1.37. The maximum Gasteiger partial charge on any atom is 0.309 e. The van der Waals surface area contributed by atoms with Crippen LogP contribution in [0.4, 0.5) is 0 Å². The number of amides is 1. The van der Waals surface area contributed by atoms with Crippen LogP contribution in [-0.4, -0.2) is 29.0 Å². The van der Waals surface area contributed by atoms with Crippen LogP contribution in [0.15, 0.2) is 91.0 Å². The summed E-state index contributed by atoms with van der Waals surface area (Å²) in [6.07, 6.45) is 3.21. The lowest BCUT2D eigenvalue weighted by Crippen LogP contribution is -2.46. The molecule has 3 aromatic carbocycles. The zero-order valence-corrected chi connectivity index (χ0v) is 21.5. The van der Waals surface area contributed by atoms with Crippen molar-refractivity contribution in [3.8, 4) is 0 Å². The van der Waals surface area contributed by atoms with Crippen molar-refractivity contribution in [3.05, 3.63) is 108 Å². The summed E-state index contributed by atoms with van der Waals surface area (Å²) in [4.78, 5) is 38.5. The Kier molecular flexibility index (Phi) is 9.68. The summed E-state index contributed by atoms with van der Waals surface area (Å²) in [7, 11) is 0. The average Bonchev–Trinajstić information content (AvgIpc) is 2.95. The lowest BCUT2D eigenvalue weighted by Gasteiger charge is -2.31. The van der Waals surface area contributed by atoms with Crippen molar-refractivity contribution in [2.45, 2.75) is 51.2 Å². The normalized spacial score (nSPS) is 18.6. The number of carbonyl (C=O) groups excluding carboxylic acids is 2. The molecular weight excluding hydrogens is 478 g/mol. The third-order valence-electron chi connectivity index (χ3n) is 7.37. The minimum Gasteiger partial charge on any atom is -0.481 e. The van der Waals surface area contributed by atoms with Crippen molar-refractivity contribution in [3.63, 3.8) is 0 Å². The second-order valence-corrected chi connectivity index (χ2v) is 10.1. The Labute approximate surface area is 224 Å². The van der Waals surface area contributed by atoms with Gasteiger partial charge in [0.2, 0.25) is 5.91 Å². The molecule has 3 aromatic rings. The number of nitrogens with one attached hydrogen (secondary N) is 1. The molecule has 4 rings (SSSR count). The van der Waals surface area contributed by atoms with Gasteiger partial charge in [0.05, 0.1) is 17.8 Å². The summed E-state index contributed by atoms with van der Waals surface area (Å²) in [6.45, 7) is 0.259. The van der Waals surface area contributed by atoms with Gasteiger partial charge < -0.3 is 15.2 Å². The molecule has 1 fully saturated rings. The van der Waals surface area contributed by atoms with Crippen molar-refractivity contribution >= 4 is 17.8 Å². The van der Waals surface area contributed by atoms with Crippen LogP contribution in [0.25, 0.3) is 0 Å². The van der Waals surface area contributed by atoms with Crippen LogP contribution in [-0.2, 0) is 38.6 Å². The standard InChI is InChI=1S/C32H35NO5/c34-30(33-27-18-16-26(17-19-27)32(37)38-22-25-14-8-3-9-15-25)28(20-23-10-4-1-5-11-23)29(31(35)36)21-24-12-6-2-7-13-24/h1-15,26-29H,16-22H2,(H,33,34)(H,35,36)/t26?,27?,28-,29-/m1/s1. The van der Waals surface area contributed by atoms with Gasteiger partial charge in [-0.05, 0) is 55.2 Å². The fourth-order valence-electron chi connectivity index (χ4n) is 5.18. The van der Waals surface area contributed by atoms with Gasteiger partial charge in [0.25, 0.3) is 0 Å². The molecule has 6 nitrogen and oxygen atoms in total. The highest BCUT2D eigenvalue weighted by atomic mass is 16.5. The highest BCUT2D eigenvalue weighted by Crippen LogP contribution is 2.28. The van der Waals surface area contributed by atoms with Gasteiger partial charge in [0, 0.05) is 6.04 Å². The van der Waals surface area contributed by atoms with Gasteiger partial charge in [0.15, 0.2) is 0 Å². The summed E-state index contributed by atoms with van der Waals surface area (Å²) >= 11 is 0. The fourth-order valence-corrected chi connectivity index (χ4v) is 5.18. The van der Waals surface area contributed by atoms with Gasteiger partial charge in [-0.3, -0.25) is 14.4 Å². The molecule has 0 heterocycles. The third-order valence-corrected chi connectivity index (χ3v) is 7.37. The minimum atomic E-state index is -0.977. The molecule has 2 N–H and O–H groups in total. The number of aliphatic carboxylic acids is 1. The number of rotatable bonds is 11. The number of hydrogen-bond donors (Lipinski definition) is 2. The second-order valence-electron chi connectivity index (χ2n) is 10.1. The Bertz CT molecular complexity index is 1170. The first-order valence-electron chi connectivity index (χ1n) is 13.3. The summed E-state index contributed by atoms with van der Waals surface area (Å²) in [5.41, 5.74) is 2.77. The van der Waals surface area contributed by atoms with E-state index < -0.39 is 17.8 Å². The molecule has 0 radical (unpaired) electrons. The Morgan fingerprint density at radius 1 is 0.711 bits per heavy atom. The first-order valence-corrected chi connectivity index (χ1v) is 13.3. The van der Waals surface area contributed by atoms with E-state index >= 15 is 0 Å². The van der Waals surface area contributed by atoms with Crippen LogP contribution in [0.3, 0.4) is 0 Å². The van der Waals surface area contributed by atoms with E-state index in [1.165, 1.54) is 0 Å². The molecule has 1 amide bonds. The van der Waals surface area contributed by atoms with Crippen molar-refractivity contribution < 1.29 is 24.2 Å². The maximum absolute atomic E-state index is 13.6. The van der Waals surface area contributed by atoms with Crippen LogP contribution in [0.2, 0.25) is 0 Å². The Hall–Kier alpha value is -3.93. The predicted octanol–water partition coefficient (Wildman–Crippen LogP) is 5.21. The molecule has 1 aliphatic carbocycles. The van der Waals surface area contributed by atoms with Gasteiger partial charge in [-0.25, -0.2) is 0 Å². The number of ether oxygens (including phenoxy) is 1. The predicted molar refractivity (Wildman–Crippen MR) is 145 cm³/mol. The monoisotopic (exact) mass is 513 g/mol. The number of carboxylic acid groups (broad SMARTS) is 1. The van der Waals surface area contributed by atoms with Crippen molar-refractivity contribution in [1.29, 1.82) is 0 Å². The number of esters is 1. The van der Waals surface area contributed by atoms with Crippen molar-refractivity contribution in [1.82, 2.24) is 5.32 Å². The van der Waals surface area contributed by atoms with Crippen LogP contribution in [0.1, 0.15) is 42.4 Å². The van der Waals surface area contributed by atoms with Crippen molar-refractivity contribution in [2.75, 3.05) is 0 Å². The van der Waals surface area contributed by atoms with Gasteiger partial charge in [-0.1, -0.05) is 91.0 Å². The molecular formula is C32H35NO5. The van der Waals surface area contributed by atoms with E-state index in [-0.39, 0.29) is 36.9 Å². The zero-order valence-electron chi connectivity index (χ0n) is 21.5. The number of hydrogen-bond acceptors (Lipinski definition) is 4. The SMILES string of the molecule is O=C(OCc1ccccc1)C1CCC(NC(=O)[C@H](Cc2ccccc2)[C@@H](Cc2ccccc2)C(=O)O)CC1. The van der Waals surface area contributed by atoms with Gasteiger partial charge >= 0.3 is 11.9 Å². The molecule has 0 unspecified atom stereocenters. The smallest absolute Gasteiger partial charge is 0.309 e. The van der Waals surface area contributed by atoms with E-state index in [9.17, 15) is 19.5 Å². The van der Waals surface area contributed by atoms with Gasteiger partial charge in [-0.2, -0.15) is 0 Å². The number of carboxylic acids is 1. The zero-order chi connectivity index (χ0) is 26.7. The van der Waals surface area contributed by atoms with E-state index in [2.05, 4.69) is 5.32 Å². The minimum absolute atomic E-state index is 0.0925. The average molecular weight is 514 g/mol. The van der Waals surface area contributed by atoms with Gasteiger partial charge in [0.1, 0.15) is 6.61 Å². The third kappa shape index (κ3) is 7.78. The molecule has 0 aliphatic heterocycles. The van der Waals surface area contributed by atoms with Crippen LogP contribution in [0.5, 0.6) is 0 Å². The molecule has 198 valence electrons. The fraction of sp³-hybridized carbons (Fsp3) is 0.344. The lowest BCUT2D eigenvalue weighted by atomic mass is 9.81. The first kappa shape index (κ1) is 27.1. The topological polar surface area (TPSA) is 92.7 Å². The quantitative estimate of drug-likeness (QED) is 0.344.